The number of morpholine rings is 1. The van der Waals surface area contributed by atoms with Crippen molar-refractivity contribution in [3.8, 4) is 0 Å². The zero-order valence-electron chi connectivity index (χ0n) is 22.0. The summed E-state index contributed by atoms with van der Waals surface area (Å²) in [6.07, 6.45) is -3.72. The molecule has 1 unspecified atom stereocenters. The van der Waals surface area contributed by atoms with E-state index in [-0.39, 0.29) is 11.4 Å². The smallest absolute Gasteiger partial charge is 0.384 e. The fourth-order valence-electron chi connectivity index (χ4n) is 4.28. The Morgan fingerprint density at radius 1 is 1.18 bits per heavy atom. The van der Waals surface area contributed by atoms with Crippen LogP contribution in [0.2, 0.25) is 0 Å². The van der Waals surface area contributed by atoms with Gasteiger partial charge in [0.25, 0.3) is 5.91 Å². The van der Waals surface area contributed by atoms with Gasteiger partial charge < -0.3 is 31.1 Å². The minimum absolute atomic E-state index is 0.127. The minimum Gasteiger partial charge on any atom is -0.384 e. The zero-order chi connectivity index (χ0) is 28.7. The molecule has 5 N–H and O–H groups in total. The lowest BCUT2D eigenvalue weighted by molar-refractivity contribution is -0.137. The van der Waals surface area contributed by atoms with Crippen molar-refractivity contribution >= 4 is 28.9 Å². The number of aromatic nitrogens is 2. The monoisotopic (exact) mass is 559 g/mol. The van der Waals surface area contributed by atoms with Gasteiger partial charge in [-0.15, -0.1) is 0 Å². The Bertz CT molecular complexity index is 1300. The molecular formula is C27H32F3N7O3. The van der Waals surface area contributed by atoms with Crippen LogP contribution >= 0.6 is 0 Å². The van der Waals surface area contributed by atoms with Crippen molar-refractivity contribution in [2.75, 3.05) is 60.7 Å². The maximum Gasteiger partial charge on any atom is 0.416 e. The van der Waals surface area contributed by atoms with Gasteiger partial charge in [0.1, 0.15) is 18.0 Å². The number of carbonyl (C=O) groups is 1. The van der Waals surface area contributed by atoms with Gasteiger partial charge in [-0.25, -0.2) is 9.97 Å². The third-order valence-corrected chi connectivity index (χ3v) is 6.47. The highest BCUT2D eigenvalue weighted by molar-refractivity contribution is 6.04. The summed E-state index contributed by atoms with van der Waals surface area (Å²) >= 11 is 0. The average molecular weight is 560 g/mol. The number of nitrogens with zero attached hydrogens (tertiary/aromatic N) is 4. The Morgan fingerprint density at radius 3 is 2.67 bits per heavy atom. The van der Waals surface area contributed by atoms with Crippen molar-refractivity contribution in [3.05, 3.63) is 71.5 Å². The first-order valence-corrected chi connectivity index (χ1v) is 12.8. The molecule has 1 aliphatic heterocycles. The quantitative estimate of drug-likeness (QED) is 0.276. The maximum absolute atomic E-state index is 13.1. The standard InChI is InChI=1S/C27H32F3N7O3/c1-18-6-7-21(34-25(38)19-4-2-5-20(14-19)27(28,29)30)15-22(18)35-26(39)37(24-16-23(31)32-17-33-24)9-3-8-36-10-12-40-13-11-36/h2,4-7,14-17,26,35,39H,3,8-13H2,1H3,(H,34,38)(H2,31,32,33). The van der Waals surface area contributed by atoms with Crippen molar-refractivity contribution in [1.82, 2.24) is 14.9 Å². The van der Waals surface area contributed by atoms with E-state index in [1.165, 1.54) is 18.5 Å². The summed E-state index contributed by atoms with van der Waals surface area (Å²) in [5.74, 6) is -0.00496. The van der Waals surface area contributed by atoms with Crippen molar-refractivity contribution < 1.29 is 27.8 Å². The van der Waals surface area contributed by atoms with Crippen LogP contribution in [0.4, 0.5) is 36.2 Å². The summed E-state index contributed by atoms with van der Waals surface area (Å²) in [7, 11) is 0. The SMILES string of the molecule is Cc1ccc(NC(=O)c2cccc(C(F)(F)F)c2)cc1NC(O)N(CCCN1CCOCC1)c1cc(N)ncn1. The molecule has 1 fully saturated rings. The molecular weight excluding hydrogens is 527 g/mol. The Hall–Kier alpha value is -3.94. The molecule has 10 nitrogen and oxygen atoms in total. The molecule has 3 aromatic rings. The van der Waals surface area contributed by atoms with Gasteiger partial charge in [0.15, 0.2) is 0 Å². The Labute approximate surface area is 230 Å². The lowest BCUT2D eigenvalue weighted by Gasteiger charge is -2.32. The highest BCUT2D eigenvalue weighted by Crippen LogP contribution is 2.30. The fourth-order valence-corrected chi connectivity index (χ4v) is 4.28. The topological polar surface area (TPSA) is 129 Å². The predicted octanol–water partition coefficient (Wildman–Crippen LogP) is 3.56. The van der Waals surface area contributed by atoms with Crippen LogP contribution in [-0.2, 0) is 10.9 Å². The molecule has 40 heavy (non-hydrogen) atoms. The number of aryl methyl sites for hydroxylation is 1. The maximum atomic E-state index is 13.1. The van der Waals surface area contributed by atoms with Crippen LogP contribution in [0.25, 0.3) is 0 Å². The molecule has 2 aromatic carbocycles. The zero-order valence-corrected chi connectivity index (χ0v) is 22.0. The molecule has 1 aliphatic rings. The Kier molecular flexibility index (Phi) is 9.40. The number of aliphatic hydroxyl groups is 1. The number of alkyl halides is 3. The molecule has 214 valence electrons. The molecule has 1 aromatic heterocycles. The number of nitrogens with one attached hydrogen (secondary N) is 2. The molecule has 0 aliphatic carbocycles. The summed E-state index contributed by atoms with van der Waals surface area (Å²) in [5.41, 5.74) is 6.45. The Balaban J connectivity index is 1.47. The van der Waals surface area contributed by atoms with Gasteiger partial charge in [-0.2, -0.15) is 13.2 Å². The van der Waals surface area contributed by atoms with Crippen LogP contribution in [0.3, 0.4) is 0 Å². The van der Waals surface area contributed by atoms with Crippen LogP contribution in [0, 0.1) is 6.92 Å². The molecule has 2 heterocycles. The van der Waals surface area contributed by atoms with Gasteiger partial charge in [0, 0.05) is 49.2 Å². The third kappa shape index (κ3) is 7.81. The highest BCUT2D eigenvalue weighted by Gasteiger charge is 2.31. The minimum atomic E-state index is -4.56. The number of rotatable bonds is 10. The van der Waals surface area contributed by atoms with Crippen molar-refractivity contribution in [1.29, 1.82) is 0 Å². The number of nitrogen functional groups attached to an aromatic ring is 1. The van der Waals surface area contributed by atoms with Crippen molar-refractivity contribution in [2.45, 2.75) is 25.9 Å². The molecule has 13 heteroatoms. The van der Waals surface area contributed by atoms with Gasteiger partial charge in [0.2, 0.25) is 6.35 Å². The fraction of sp³-hybridized carbons (Fsp3) is 0.370. The second-order valence-corrected chi connectivity index (χ2v) is 9.38. The molecule has 4 rings (SSSR count). The summed E-state index contributed by atoms with van der Waals surface area (Å²) in [6.45, 7) is 6.15. The number of nitrogens with two attached hydrogens (primary N) is 1. The number of halogens is 3. The third-order valence-electron chi connectivity index (χ3n) is 6.47. The van der Waals surface area contributed by atoms with Crippen molar-refractivity contribution in [3.63, 3.8) is 0 Å². The lowest BCUT2D eigenvalue weighted by Crippen LogP contribution is -2.44. The second kappa shape index (κ2) is 12.9. The number of amides is 1. The molecule has 0 bridgehead atoms. The molecule has 0 saturated carbocycles. The number of ether oxygens (including phenoxy) is 1. The van der Waals surface area contributed by atoms with Crippen LogP contribution in [0.5, 0.6) is 0 Å². The van der Waals surface area contributed by atoms with Gasteiger partial charge in [-0.1, -0.05) is 12.1 Å². The van der Waals surface area contributed by atoms with Gasteiger partial charge in [-0.05, 0) is 49.2 Å². The van der Waals surface area contributed by atoms with Crippen LogP contribution in [0.15, 0.2) is 54.9 Å². The summed E-state index contributed by atoms with van der Waals surface area (Å²) in [4.78, 5) is 24.8. The van der Waals surface area contributed by atoms with E-state index in [0.717, 1.165) is 43.8 Å². The van der Waals surface area contributed by atoms with Crippen molar-refractivity contribution in [2.24, 2.45) is 0 Å². The van der Waals surface area contributed by atoms with Gasteiger partial charge in [0.05, 0.1) is 18.8 Å². The van der Waals surface area contributed by atoms with E-state index in [0.29, 0.717) is 37.0 Å². The first-order chi connectivity index (χ1) is 19.1. The lowest BCUT2D eigenvalue weighted by atomic mass is 10.1. The summed E-state index contributed by atoms with van der Waals surface area (Å²) in [5, 5.41) is 16.9. The summed E-state index contributed by atoms with van der Waals surface area (Å²) < 4.78 is 44.6. The van der Waals surface area contributed by atoms with E-state index in [1.54, 1.807) is 29.2 Å². The second-order valence-electron chi connectivity index (χ2n) is 9.38. The molecule has 1 atom stereocenters. The normalized spacial score (nSPS) is 14.9. The van der Waals surface area contributed by atoms with Gasteiger partial charge in [-0.3, -0.25) is 9.69 Å². The Morgan fingerprint density at radius 2 is 1.95 bits per heavy atom. The summed E-state index contributed by atoms with van der Waals surface area (Å²) in [6, 6.07) is 10.7. The van der Waals surface area contributed by atoms with Crippen LogP contribution in [0.1, 0.15) is 27.9 Å². The number of hydrogen-bond donors (Lipinski definition) is 4. The first kappa shape index (κ1) is 29.1. The predicted molar refractivity (Wildman–Crippen MR) is 146 cm³/mol. The molecule has 0 radical (unpaired) electrons. The number of aliphatic hydroxyl groups excluding tert-OH is 1. The number of carbonyl (C=O) groups excluding carboxylic acids is 1. The van der Waals surface area contributed by atoms with E-state index in [9.17, 15) is 23.1 Å². The van der Waals surface area contributed by atoms with Crippen LogP contribution in [-0.4, -0.2) is 71.6 Å². The average Bonchev–Trinajstić information content (AvgIpc) is 2.93. The van der Waals surface area contributed by atoms with E-state index >= 15 is 0 Å². The number of anilines is 4. The van der Waals surface area contributed by atoms with Gasteiger partial charge >= 0.3 is 6.18 Å². The first-order valence-electron chi connectivity index (χ1n) is 12.8. The molecule has 0 spiro atoms. The van der Waals surface area contributed by atoms with E-state index in [4.69, 9.17) is 10.5 Å². The molecule has 1 amide bonds. The number of benzene rings is 2. The largest absolute Gasteiger partial charge is 0.416 e. The number of hydrogen-bond acceptors (Lipinski definition) is 9. The van der Waals surface area contributed by atoms with Crippen LogP contribution < -0.4 is 21.3 Å². The van der Waals surface area contributed by atoms with E-state index in [2.05, 4.69) is 25.5 Å². The molecule has 1 saturated heterocycles. The van der Waals surface area contributed by atoms with E-state index < -0.39 is 24.0 Å². The van der Waals surface area contributed by atoms with E-state index in [1.807, 2.05) is 6.92 Å². The highest BCUT2D eigenvalue weighted by atomic mass is 19.4.